The molecule has 1 nitrogen and oxygen atoms in total. The first kappa shape index (κ1) is 18.0. The Hall–Kier alpha value is -0.300. The van der Waals surface area contributed by atoms with Gasteiger partial charge in [0, 0.05) is 13.2 Å². The fourth-order valence-electron chi connectivity index (χ4n) is 4.72. The molecule has 2 aliphatic rings. The molecule has 0 radical (unpaired) electrons. The summed E-state index contributed by atoms with van der Waals surface area (Å²) in [4.78, 5) is 0. The fourth-order valence-corrected chi connectivity index (χ4v) is 4.72. The van der Waals surface area contributed by atoms with Gasteiger partial charge in [-0.15, -0.1) is 6.58 Å². The molecule has 0 spiro atoms. The first-order valence-corrected chi connectivity index (χ1v) is 10.0. The van der Waals surface area contributed by atoms with Gasteiger partial charge in [0.1, 0.15) is 0 Å². The first-order chi connectivity index (χ1) is 10.8. The Morgan fingerprint density at radius 1 is 0.909 bits per heavy atom. The summed E-state index contributed by atoms with van der Waals surface area (Å²) in [6.07, 6.45) is 19.1. The third-order valence-electron chi connectivity index (χ3n) is 6.17. The lowest BCUT2D eigenvalue weighted by Gasteiger charge is -2.38. The van der Waals surface area contributed by atoms with Crippen LogP contribution in [0.5, 0.6) is 0 Å². The van der Waals surface area contributed by atoms with Gasteiger partial charge in [0.25, 0.3) is 0 Å². The molecule has 0 aromatic rings. The molecular formula is C21H38O. The van der Waals surface area contributed by atoms with Gasteiger partial charge in [0.2, 0.25) is 0 Å². The van der Waals surface area contributed by atoms with Crippen molar-refractivity contribution in [3.63, 3.8) is 0 Å². The molecule has 0 aliphatic heterocycles. The van der Waals surface area contributed by atoms with Gasteiger partial charge < -0.3 is 4.74 Å². The summed E-state index contributed by atoms with van der Waals surface area (Å²) in [7, 11) is 0. The van der Waals surface area contributed by atoms with Crippen molar-refractivity contribution in [2.45, 2.75) is 84.0 Å². The molecule has 2 saturated carbocycles. The van der Waals surface area contributed by atoms with Crippen LogP contribution in [0.2, 0.25) is 0 Å². The van der Waals surface area contributed by atoms with Crippen molar-refractivity contribution in [3.05, 3.63) is 12.7 Å². The molecule has 1 heteroatoms. The molecular weight excluding hydrogens is 268 g/mol. The third-order valence-corrected chi connectivity index (χ3v) is 6.17. The molecule has 128 valence electrons. The number of unbranched alkanes of at least 4 members (excludes halogenated alkanes) is 1. The quantitative estimate of drug-likeness (QED) is 0.354. The molecule has 0 saturated heterocycles. The predicted octanol–water partition coefficient (Wildman–Crippen LogP) is 6.38. The lowest BCUT2D eigenvalue weighted by molar-refractivity contribution is 0.0648. The summed E-state index contributed by atoms with van der Waals surface area (Å²) >= 11 is 0. The van der Waals surface area contributed by atoms with E-state index in [1.807, 2.05) is 0 Å². The van der Waals surface area contributed by atoms with E-state index < -0.39 is 0 Å². The minimum Gasteiger partial charge on any atom is -0.381 e. The summed E-state index contributed by atoms with van der Waals surface area (Å²) in [5, 5.41) is 0. The fraction of sp³-hybridized carbons (Fsp3) is 0.905. The van der Waals surface area contributed by atoms with Crippen molar-refractivity contribution in [2.75, 3.05) is 13.2 Å². The zero-order valence-corrected chi connectivity index (χ0v) is 14.9. The SMILES string of the molecule is C=CCCC[C@H]1CC[C@H]([C@H]2CC[C@H](COCCC)CC2)CC1. The van der Waals surface area contributed by atoms with Crippen LogP contribution in [0.1, 0.15) is 84.0 Å². The highest BCUT2D eigenvalue weighted by atomic mass is 16.5. The molecule has 0 atom stereocenters. The van der Waals surface area contributed by atoms with Crippen LogP contribution < -0.4 is 0 Å². The zero-order valence-electron chi connectivity index (χ0n) is 14.9. The molecule has 2 aliphatic carbocycles. The van der Waals surface area contributed by atoms with Crippen LogP contribution in [0.25, 0.3) is 0 Å². The number of allylic oxidation sites excluding steroid dienone is 1. The van der Waals surface area contributed by atoms with Crippen LogP contribution in [0.4, 0.5) is 0 Å². The molecule has 0 heterocycles. The Labute approximate surface area is 138 Å². The lowest BCUT2D eigenvalue weighted by Crippen LogP contribution is -2.27. The summed E-state index contributed by atoms with van der Waals surface area (Å²) in [6.45, 7) is 8.01. The van der Waals surface area contributed by atoms with Crippen molar-refractivity contribution in [1.82, 2.24) is 0 Å². The van der Waals surface area contributed by atoms with Crippen LogP contribution >= 0.6 is 0 Å². The summed E-state index contributed by atoms with van der Waals surface area (Å²) in [5.41, 5.74) is 0. The Bertz CT molecular complexity index is 282. The van der Waals surface area contributed by atoms with Crippen molar-refractivity contribution < 1.29 is 4.74 Å². The molecule has 0 unspecified atom stereocenters. The maximum Gasteiger partial charge on any atom is 0.0494 e. The summed E-state index contributed by atoms with van der Waals surface area (Å²) in [5.74, 6) is 3.97. The van der Waals surface area contributed by atoms with E-state index in [0.29, 0.717) is 0 Å². The van der Waals surface area contributed by atoms with Gasteiger partial charge in [-0.25, -0.2) is 0 Å². The van der Waals surface area contributed by atoms with Gasteiger partial charge in [-0.3, -0.25) is 0 Å². The van der Waals surface area contributed by atoms with Crippen molar-refractivity contribution in [1.29, 1.82) is 0 Å². The van der Waals surface area contributed by atoms with Crippen molar-refractivity contribution in [3.8, 4) is 0 Å². The van der Waals surface area contributed by atoms with E-state index in [-0.39, 0.29) is 0 Å². The predicted molar refractivity (Wildman–Crippen MR) is 96.1 cm³/mol. The standard InChI is InChI=1S/C21H38O/c1-3-5-6-7-18-8-12-20(13-9-18)21-14-10-19(11-15-21)17-22-16-4-2/h3,18-21H,1,4-17H2,2H3/t18-,19-,20-,21-. The van der Waals surface area contributed by atoms with Gasteiger partial charge in [0.15, 0.2) is 0 Å². The highest BCUT2D eigenvalue weighted by molar-refractivity contribution is 4.82. The molecule has 2 rings (SSSR count). The second-order valence-corrected chi connectivity index (χ2v) is 7.86. The van der Waals surface area contributed by atoms with Crippen LogP contribution in [0.15, 0.2) is 12.7 Å². The molecule has 0 aromatic heterocycles. The Balaban J connectivity index is 1.59. The van der Waals surface area contributed by atoms with Crippen LogP contribution in [-0.2, 0) is 4.74 Å². The van der Waals surface area contributed by atoms with Crippen molar-refractivity contribution >= 4 is 0 Å². The molecule has 22 heavy (non-hydrogen) atoms. The highest BCUT2D eigenvalue weighted by Gasteiger charge is 2.30. The maximum absolute atomic E-state index is 5.76. The van der Waals surface area contributed by atoms with E-state index in [0.717, 1.165) is 43.3 Å². The van der Waals surface area contributed by atoms with Gasteiger partial charge in [0.05, 0.1) is 0 Å². The molecule has 0 N–H and O–H groups in total. The van der Waals surface area contributed by atoms with Gasteiger partial charge in [-0.05, 0) is 81.5 Å². The van der Waals surface area contributed by atoms with Gasteiger partial charge in [-0.1, -0.05) is 32.3 Å². The largest absolute Gasteiger partial charge is 0.381 e. The lowest BCUT2D eigenvalue weighted by atomic mass is 9.69. The second-order valence-electron chi connectivity index (χ2n) is 7.86. The van der Waals surface area contributed by atoms with E-state index in [9.17, 15) is 0 Å². The van der Waals surface area contributed by atoms with Gasteiger partial charge in [-0.2, -0.15) is 0 Å². The minimum absolute atomic E-state index is 0.859. The van der Waals surface area contributed by atoms with Crippen LogP contribution in [0.3, 0.4) is 0 Å². The average Bonchev–Trinajstić information content (AvgIpc) is 2.57. The Kier molecular flexibility index (Phi) is 8.59. The summed E-state index contributed by atoms with van der Waals surface area (Å²) < 4.78 is 5.76. The monoisotopic (exact) mass is 306 g/mol. The smallest absolute Gasteiger partial charge is 0.0494 e. The molecule has 0 bridgehead atoms. The van der Waals surface area contributed by atoms with Crippen molar-refractivity contribution in [2.24, 2.45) is 23.7 Å². The number of rotatable bonds is 9. The third kappa shape index (κ3) is 6.07. The first-order valence-electron chi connectivity index (χ1n) is 10.0. The Morgan fingerprint density at radius 2 is 1.50 bits per heavy atom. The van der Waals surface area contributed by atoms with E-state index in [4.69, 9.17) is 4.74 Å². The zero-order chi connectivity index (χ0) is 15.6. The summed E-state index contributed by atoms with van der Waals surface area (Å²) in [6, 6.07) is 0. The molecule has 0 amide bonds. The topological polar surface area (TPSA) is 9.23 Å². The minimum atomic E-state index is 0.859. The van der Waals surface area contributed by atoms with E-state index >= 15 is 0 Å². The van der Waals surface area contributed by atoms with E-state index in [2.05, 4.69) is 19.6 Å². The van der Waals surface area contributed by atoms with Crippen LogP contribution in [-0.4, -0.2) is 13.2 Å². The normalized spacial score (nSPS) is 32.8. The number of hydrogen-bond donors (Lipinski definition) is 0. The van der Waals surface area contributed by atoms with E-state index in [1.165, 1.54) is 70.6 Å². The number of ether oxygens (including phenoxy) is 1. The Morgan fingerprint density at radius 3 is 2.05 bits per heavy atom. The highest BCUT2D eigenvalue weighted by Crippen LogP contribution is 2.42. The average molecular weight is 307 g/mol. The molecule has 2 fully saturated rings. The van der Waals surface area contributed by atoms with E-state index in [1.54, 1.807) is 0 Å². The van der Waals surface area contributed by atoms with Gasteiger partial charge >= 0.3 is 0 Å². The van der Waals surface area contributed by atoms with Crippen LogP contribution in [0, 0.1) is 23.7 Å². The second kappa shape index (κ2) is 10.5. The molecule has 0 aromatic carbocycles. The maximum atomic E-state index is 5.76. The number of hydrogen-bond acceptors (Lipinski definition) is 1.